The van der Waals surface area contributed by atoms with E-state index in [4.69, 9.17) is 10.6 Å². The zero-order valence-electron chi connectivity index (χ0n) is 10.8. The fourth-order valence-corrected chi connectivity index (χ4v) is 2.66. The van der Waals surface area contributed by atoms with Crippen LogP contribution in [0.15, 0.2) is 53.4 Å². The van der Waals surface area contributed by atoms with Gasteiger partial charge in [-0.2, -0.15) is 0 Å². The molecule has 0 aliphatic rings. The van der Waals surface area contributed by atoms with Crippen LogP contribution in [0.3, 0.4) is 0 Å². The number of benzene rings is 2. The first kappa shape index (κ1) is 14.2. The second kappa shape index (κ2) is 5.81. The molecular weight excluding hydrogens is 278 g/mol. The van der Waals surface area contributed by atoms with Crippen molar-refractivity contribution in [1.29, 1.82) is 0 Å². The van der Waals surface area contributed by atoms with Gasteiger partial charge in [0.15, 0.2) is 0 Å². The van der Waals surface area contributed by atoms with Crippen LogP contribution in [-0.2, 0) is 10.0 Å². The van der Waals surface area contributed by atoms with Gasteiger partial charge in [-0.15, -0.1) is 0 Å². The average Bonchev–Trinajstić information content (AvgIpc) is 2.48. The summed E-state index contributed by atoms with van der Waals surface area (Å²) in [5, 5.41) is 0. The van der Waals surface area contributed by atoms with Crippen molar-refractivity contribution in [2.45, 2.75) is 4.90 Å². The summed E-state index contributed by atoms with van der Waals surface area (Å²) in [6, 6.07) is 12.7. The minimum Gasteiger partial charge on any atom is -0.497 e. The number of ether oxygens (including phenoxy) is 1. The zero-order chi connectivity index (χ0) is 14.6. The smallest absolute Gasteiger partial charge is 0.261 e. The minimum absolute atomic E-state index is 0.160. The molecule has 0 atom stereocenters. The summed E-state index contributed by atoms with van der Waals surface area (Å²) in [5.41, 5.74) is 3.54. The van der Waals surface area contributed by atoms with Crippen LogP contribution in [0.4, 0.5) is 11.4 Å². The third-order valence-corrected chi connectivity index (χ3v) is 4.07. The van der Waals surface area contributed by atoms with Gasteiger partial charge >= 0.3 is 0 Å². The first-order valence-corrected chi connectivity index (χ1v) is 7.27. The first-order chi connectivity index (χ1) is 9.55. The maximum absolute atomic E-state index is 12.2. The summed E-state index contributed by atoms with van der Waals surface area (Å²) < 4.78 is 31.8. The zero-order valence-corrected chi connectivity index (χ0v) is 11.6. The Bertz CT molecular complexity index is 667. The van der Waals surface area contributed by atoms with Crippen molar-refractivity contribution >= 4 is 21.4 Å². The van der Waals surface area contributed by atoms with Crippen LogP contribution in [0.2, 0.25) is 0 Å². The van der Waals surface area contributed by atoms with Gasteiger partial charge in [-0.25, -0.2) is 8.42 Å². The van der Waals surface area contributed by atoms with E-state index in [1.54, 1.807) is 43.5 Å². The van der Waals surface area contributed by atoms with E-state index >= 15 is 0 Å². The van der Waals surface area contributed by atoms with Crippen molar-refractivity contribution in [3.8, 4) is 5.75 Å². The number of hydrazine groups is 1. The largest absolute Gasteiger partial charge is 0.497 e. The Morgan fingerprint density at radius 2 is 1.50 bits per heavy atom. The molecule has 0 saturated carbocycles. The van der Waals surface area contributed by atoms with Gasteiger partial charge < -0.3 is 10.2 Å². The summed E-state index contributed by atoms with van der Waals surface area (Å²) in [6.07, 6.45) is 0. The van der Waals surface area contributed by atoms with Crippen LogP contribution in [0.5, 0.6) is 5.75 Å². The molecule has 0 fully saturated rings. The Morgan fingerprint density at radius 1 is 0.950 bits per heavy atom. The molecule has 0 saturated heterocycles. The topological polar surface area (TPSA) is 93.4 Å². The van der Waals surface area contributed by atoms with Gasteiger partial charge in [-0.1, -0.05) is 0 Å². The van der Waals surface area contributed by atoms with Crippen LogP contribution >= 0.6 is 0 Å². The van der Waals surface area contributed by atoms with E-state index in [1.165, 1.54) is 12.1 Å². The van der Waals surface area contributed by atoms with Gasteiger partial charge in [-0.05, 0) is 48.5 Å². The van der Waals surface area contributed by atoms with Crippen LogP contribution in [-0.4, -0.2) is 15.5 Å². The number of hydrogen-bond acceptors (Lipinski definition) is 5. The number of anilines is 2. The van der Waals surface area contributed by atoms with Gasteiger partial charge in [0.2, 0.25) is 0 Å². The van der Waals surface area contributed by atoms with Crippen LogP contribution in [0.1, 0.15) is 0 Å². The lowest BCUT2D eigenvalue weighted by molar-refractivity contribution is 0.415. The number of nitrogens with one attached hydrogen (secondary N) is 2. The molecule has 6 nitrogen and oxygen atoms in total. The predicted octanol–water partition coefficient (Wildman–Crippen LogP) is 1.78. The lowest BCUT2D eigenvalue weighted by atomic mass is 10.3. The van der Waals surface area contributed by atoms with E-state index < -0.39 is 10.0 Å². The first-order valence-electron chi connectivity index (χ1n) is 5.79. The van der Waals surface area contributed by atoms with Crippen molar-refractivity contribution in [3.05, 3.63) is 48.5 Å². The van der Waals surface area contributed by atoms with Gasteiger partial charge in [0.05, 0.1) is 12.0 Å². The normalized spacial score (nSPS) is 10.9. The molecule has 0 aliphatic carbocycles. The Morgan fingerprint density at radius 3 is 2.00 bits per heavy atom. The predicted molar refractivity (Wildman–Crippen MR) is 78.1 cm³/mol. The number of methoxy groups -OCH3 is 1. The molecule has 0 aliphatic heterocycles. The standard InChI is InChI=1S/C13H15N3O3S/c1-19-12-6-2-11(3-7-12)16-20(17,18)13-8-4-10(15-14)5-9-13/h2-9,15-16H,14H2,1H3. The summed E-state index contributed by atoms with van der Waals surface area (Å²) in [5.74, 6) is 5.89. The Balaban J connectivity index is 2.20. The highest BCUT2D eigenvalue weighted by Crippen LogP contribution is 2.20. The molecule has 2 rings (SSSR count). The molecule has 0 unspecified atom stereocenters. The van der Waals surface area contributed by atoms with E-state index in [1.807, 2.05) is 0 Å². The molecule has 2 aromatic carbocycles. The summed E-state index contributed by atoms with van der Waals surface area (Å²) in [4.78, 5) is 0.160. The summed E-state index contributed by atoms with van der Waals surface area (Å²) in [7, 11) is -2.07. The fourth-order valence-electron chi connectivity index (χ4n) is 1.60. The van der Waals surface area contributed by atoms with E-state index in [9.17, 15) is 8.42 Å². The SMILES string of the molecule is COc1ccc(NS(=O)(=O)c2ccc(NN)cc2)cc1. The van der Waals surface area contributed by atoms with Crippen LogP contribution in [0, 0.1) is 0 Å². The molecule has 0 spiro atoms. The second-order valence-corrected chi connectivity index (χ2v) is 5.69. The fraction of sp³-hybridized carbons (Fsp3) is 0.0769. The van der Waals surface area contributed by atoms with Gasteiger partial charge in [0.25, 0.3) is 10.0 Å². The van der Waals surface area contributed by atoms with Gasteiger partial charge in [0.1, 0.15) is 5.75 Å². The summed E-state index contributed by atoms with van der Waals surface area (Å²) in [6.45, 7) is 0. The summed E-state index contributed by atoms with van der Waals surface area (Å²) >= 11 is 0. The molecular formula is C13H15N3O3S. The lowest BCUT2D eigenvalue weighted by Gasteiger charge is -2.09. The van der Waals surface area contributed by atoms with Crippen molar-refractivity contribution in [2.24, 2.45) is 5.84 Å². The number of nitrogens with two attached hydrogens (primary N) is 1. The third-order valence-electron chi connectivity index (χ3n) is 2.67. The maximum atomic E-state index is 12.2. The van der Waals surface area contributed by atoms with Gasteiger partial charge in [0, 0.05) is 11.4 Å². The second-order valence-electron chi connectivity index (χ2n) is 4.00. The highest BCUT2D eigenvalue weighted by molar-refractivity contribution is 7.92. The van der Waals surface area contributed by atoms with Gasteiger partial charge in [-0.3, -0.25) is 10.6 Å². The number of hydrogen-bond donors (Lipinski definition) is 3. The molecule has 2 aromatic rings. The number of sulfonamides is 1. The van der Waals surface area contributed by atoms with Crippen molar-refractivity contribution < 1.29 is 13.2 Å². The van der Waals surface area contributed by atoms with E-state index in [0.29, 0.717) is 17.1 Å². The molecule has 0 radical (unpaired) electrons. The highest BCUT2D eigenvalue weighted by atomic mass is 32.2. The van der Waals surface area contributed by atoms with Crippen LogP contribution < -0.4 is 20.7 Å². The molecule has 0 heterocycles. The highest BCUT2D eigenvalue weighted by Gasteiger charge is 2.13. The Kier molecular flexibility index (Phi) is 4.11. The van der Waals surface area contributed by atoms with E-state index in [-0.39, 0.29) is 4.90 Å². The molecule has 4 N–H and O–H groups in total. The average molecular weight is 293 g/mol. The molecule has 0 aromatic heterocycles. The van der Waals surface area contributed by atoms with Crippen molar-refractivity contribution in [1.82, 2.24) is 0 Å². The Hall–Kier alpha value is -2.25. The third kappa shape index (κ3) is 3.19. The molecule has 0 amide bonds. The molecule has 7 heteroatoms. The maximum Gasteiger partial charge on any atom is 0.261 e. The quantitative estimate of drug-likeness (QED) is 0.577. The molecule has 106 valence electrons. The van der Waals surface area contributed by atoms with E-state index in [0.717, 1.165) is 0 Å². The monoisotopic (exact) mass is 293 g/mol. The number of nitrogen functional groups attached to an aromatic ring is 1. The van der Waals surface area contributed by atoms with Crippen LogP contribution in [0.25, 0.3) is 0 Å². The van der Waals surface area contributed by atoms with Crippen molar-refractivity contribution in [3.63, 3.8) is 0 Å². The molecule has 20 heavy (non-hydrogen) atoms. The van der Waals surface area contributed by atoms with Crippen molar-refractivity contribution in [2.75, 3.05) is 17.3 Å². The van der Waals surface area contributed by atoms with E-state index in [2.05, 4.69) is 10.1 Å². The minimum atomic E-state index is -3.62. The molecule has 0 bridgehead atoms. The Labute approximate surface area is 117 Å². The lowest BCUT2D eigenvalue weighted by Crippen LogP contribution is -2.13. The number of rotatable bonds is 5.